The number of aromatic hydroxyl groups is 1. The summed E-state index contributed by atoms with van der Waals surface area (Å²) in [6.07, 6.45) is 3.11. The van der Waals surface area contributed by atoms with E-state index in [1.807, 2.05) is 18.2 Å². The van der Waals surface area contributed by atoms with Crippen molar-refractivity contribution in [2.24, 2.45) is 0 Å². The molecule has 2 aromatic rings. The number of aryl methyl sites for hydroxylation is 1. The van der Waals surface area contributed by atoms with Crippen LogP contribution in [0.25, 0.3) is 5.32 Å². The normalized spacial score (nSPS) is 15.1. The SMILES string of the molecule is CC[N-]c1cc(OC)ccc1[C@@H]1CCc2cc(O)ccc2C1.[CH2-]C.[Nb+2]. The molecule has 0 amide bonds. The summed E-state index contributed by atoms with van der Waals surface area (Å²) in [5, 5.41) is 14.3. The first-order valence-corrected chi connectivity index (χ1v) is 8.58. The molecule has 1 aliphatic rings. The average molecular weight is 418 g/mol. The summed E-state index contributed by atoms with van der Waals surface area (Å²) >= 11 is 0. The van der Waals surface area contributed by atoms with Gasteiger partial charge in [0.25, 0.3) is 0 Å². The van der Waals surface area contributed by atoms with E-state index in [1.165, 1.54) is 16.7 Å². The van der Waals surface area contributed by atoms with Gasteiger partial charge in [0, 0.05) is 0 Å². The summed E-state index contributed by atoms with van der Waals surface area (Å²) in [7, 11) is 1.69. The molecule has 3 nitrogen and oxygen atoms in total. The number of hydrogen-bond donors (Lipinski definition) is 1. The quantitative estimate of drug-likeness (QED) is 0.524. The molecule has 1 aliphatic carbocycles. The molecule has 25 heavy (non-hydrogen) atoms. The minimum atomic E-state index is 0. The third kappa shape index (κ3) is 5.27. The molecular formula is C21H27NNbO2. The maximum atomic E-state index is 9.61. The first-order valence-electron chi connectivity index (χ1n) is 8.58. The van der Waals surface area contributed by atoms with E-state index >= 15 is 0 Å². The van der Waals surface area contributed by atoms with Crippen LogP contribution in [-0.2, 0) is 35.2 Å². The largest absolute Gasteiger partial charge is 2.00 e. The topological polar surface area (TPSA) is 43.6 Å². The van der Waals surface area contributed by atoms with Gasteiger partial charge in [-0.3, -0.25) is 0 Å². The molecule has 0 aromatic heterocycles. The Morgan fingerprint density at radius 1 is 1.16 bits per heavy atom. The second kappa shape index (κ2) is 10.5. The Hall–Kier alpha value is -1.42. The molecule has 0 spiro atoms. The molecule has 0 unspecified atom stereocenters. The Kier molecular flexibility index (Phi) is 9.12. The van der Waals surface area contributed by atoms with Gasteiger partial charge in [-0.2, -0.15) is 6.92 Å². The molecule has 0 fully saturated rings. The molecule has 0 bridgehead atoms. The van der Waals surface area contributed by atoms with Gasteiger partial charge in [0.1, 0.15) is 11.5 Å². The zero-order chi connectivity index (χ0) is 17.5. The van der Waals surface area contributed by atoms with E-state index in [1.54, 1.807) is 20.1 Å². The Bertz CT molecular complexity index is 673. The van der Waals surface area contributed by atoms with Gasteiger partial charge < -0.3 is 22.1 Å². The third-order valence-corrected chi connectivity index (χ3v) is 4.42. The number of ether oxygens (including phenoxy) is 1. The number of nitrogens with zero attached hydrogens (tertiary/aromatic N) is 1. The summed E-state index contributed by atoms with van der Waals surface area (Å²) < 4.78 is 5.33. The number of methoxy groups -OCH3 is 1. The molecule has 0 saturated carbocycles. The van der Waals surface area contributed by atoms with Crippen molar-refractivity contribution in [2.45, 2.75) is 39.0 Å². The third-order valence-electron chi connectivity index (χ3n) is 4.42. The van der Waals surface area contributed by atoms with Gasteiger partial charge in [-0.15, -0.1) is 12.2 Å². The maximum Gasteiger partial charge on any atom is 2.00 e. The van der Waals surface area contributed by atoms with Crippen LogP contribution in [0.5, 0.6) is 11.5 Å². The molecule has 0 heterocycles. The molecule has 2 aromatic carbocycles. The van der Waals surface area contributed by atoms with Gasteiger partial charge >= 0.3 is 22.4 Å². The first-order chi connectivity index (χ1) is 11.7. The Morgan fingerprint density at radius 3 is 2.60 bits per heavy atom. The van der Waals surface area contributed by atoms with Gasteiger partial charge in [-0.25, -0.2) is 0 Å². The van der Waals surface area contributed by atoms with E-state index in [0.29, 0.717) is 11.7 Å². The molecule has 133 valence electrons. The minimum Gasteiger partial charge on any atom is -0.684 e. The van der Waals surface area contributed by atoms with Crippen molar-refractivity contribution in [3.05, 3.63) is 65.3 Å². The minimum absolute atomic E-state index is 0. The first kappa shape index (κ1) is 21.6. The smallest absolute Gasteiger partial charge is 0.684 e. The summed E-state index contributed by atoms with van der Waals surface area (Å²) in [6.45, 7) is 7.83. The number of hydrogen-bond acceptors (Lipinski definition) is 2. The van der Waals surface area contributed by atoms with Crippen molar-refractivity contribution in [3.63, 3.8) is 0 Å². The molecule has 1 atom stereocenters. The van der Waals surface area contributed by atoms with Crippen molar-refractivity contribution in [1.29, 1.82) is 0 Å². The molecule has 3 rings (SSSR count). The van der Waals surface area contributed by atoms with E-state index < -0.39 is 0 Å². The number of fused-ring (bicyclic) bond motifs is 1. The predicted octanol–water partition coefficient (Wildman–Crippen LogP) is 5.54. The summed E-state index contributed by atoms with van der Waals surface area (Å²) in [4.78, 5) is 0. The van der Waals surface area contributed by atoms with E-state index in [2.05, 4.69) is 31.3 Å². The van der Waals surface area contributed by atoms with Crippen LogP contribution < -0.4 is 4.74 Å². The summed E-state index contributed by atoms with van der Waals surface area (Å²) in [5.41, 5.74) is 4.97. The Balaban J connectivity index is 0.00000101. The second-order valence-electron chi connectivity index (χ2n) is 5.79. The Morgan fingerprint density at radius 2 is 1.92 bits per heavy atom. The van der Waals surface area contributed by atoms with Crippen LogP contribution in [0.15, 0.2) is 36.4 Å². The molecule has 0 saturated heterocycles. The number of rotatable bonds is 4. The van der Waals surface area contributed by atoms with Crippen LogP contribution in [-0.4, -0.2) is 18.8 Å². The predicted molar refractivity (Wildman–Crippen MR) is 100 cm³/mol. The fourth-order valence-electron chi connectivity index (χ4n) is 3.31. The fraction of sp³-hybridized carbons (Fsp3) is 0.381. The van der Waals surface area contributed by atoms with Crippen molar-refractivity contribution >= 4 is 5.69 Å². The van der Waals surface area contributed by atoms with Gasteiger partial charge in [0.05, 0.1) is 7.11 Å². The molecule has 1 N–H and O–H groups in total. The number of phenolic OH excluding ortho intramolecular Hbond substituents is 1. The average Bonchev–Trinajstić information content (AvgIpc) is 2.63. The molecule has 4 heteroatoms. The summed E-state index contributed by atoms with van der Waals surface area (Å²) in [5.74, 6) is 1.70. The van der Waals surface area contributed by atoms with Crippen molar-refractivity contribution in [2.75, 3.05) is 13.7 Å². The number of benzene rings is 2. The monoisotopic (exact) mass is 418 g/mol. The van der Waals surface area contributed by atoms with E-state index in [4.69, 9.17) is 4.74 Å². The van der Waals surface area contributed by atoms with E-state index in [9.17, 15) is 5.11 Å². The van der Waals surface area contributed by atoms with E-state index in [-0.39, 0.29) is 22.4 Å². The zero-order valence-electron chi connectivity index (χ0n) is 15.3. The van der Waals surface area contributed by atoms with E-state index in [0.717, 1.165) is 37.2 Å². The second-order valence-corrected chi connectivity index (χ2v) is 5.79. The van der Waals surface area contributed by atoms with Crippen LogP contribution in [0, 0.1) is 6.92 Å². The van der Waals surface area contributed by atoms with Crippen molar-refractivity contribution in [1.82, 2.24) is 0 Å². The van der Waals surface area contributed by atoms with Crippen molar-refractivity contribution < 1.29 is 32.2 Å². The summed E-state index contributed by atoms with van der Waals surface area (Å²) in [6, 6.07) is 11.9. The molecular weight excluding hydrogens is 391 g/mol. The molecule has 0 aliphatic heterocycles. The molecule has 1 radical (unpaired) electrons. The standard InChI is InChI=1S/C19H22NO2.C2H5.Nb/c1-3-20-19-12-17(22-2)8-9-18(19)15-5-4-14-11-16(21)7-6-13(14)10-15;1-2;/h6-9,11-12,15,21H,3-5,10H2,1-2H3;1H2,2H3;/q2*-1;+2/t15-;;/m1../s1. The van der Waals surface area contributed by atoms with Crippen LogP contribution >= 0.6 is 0 Å². The van der Waals surface area contributed by atoms with Crippen LogP contribution in [0.4, 0.5) is 5.69 Å². The van der Waals surface area contributed by atoms with Crippen molar-refractivity contribution in [3.8, 4) is 11.5 Å². The van der Waals surface area contributed by atoms with Gasteiger partial charge in [0.2, 0.25) is 0 Å². The van der Waals surface area contributed by atoms with Gasteiger partial charge in [-0.1, -0.05) is 24.6 Å². The Labute approximate surface area is 167 Å². The van der Waals surface area contributed by atoms with Gasteiger partial charge in [0.15, 0.2) is 0 Å². The fourth-order valence-corrected chi connectivity index (χ4v) is 3.31. The van der Waals surface area contributed by atoms with Crippen LogP contribution in [0.2, 0.25) is 0 Å². The van der Waals surface area contributed by atoms with Gasteiger partial charge in [-0.05, 0) is 60.6 Å². The number of phenols is 1. The van der Waals surface area contributed by atoms with Crippen LogP contribution in [0.1, 0.15) is 42.9 Å². The van der Waals surface area contributed by atoms with Crippen LogP contribution in [0.3, 0.4) is 0 Å². The zero-order valence-corrected chi connectivity index (χ0v) is 17.5. The maximum absolute atomic E-state index is 9.61.